The number of nitrogens with zero attached hydrogens (tertiary/aromatic N) is 3. The van der Waals surface area contributed by atoms with E-state index in [9.17, 15) is 5.26 Å². The molecule has 0 bridgehead atoms. The Kier molecular flexibility index (Phi) is 7.66. The van der Waals surface area contributed by atoms with Gasteiger partial charge >= 0.3 is 0 Å². The average molecular weight is 458 g/mol. The van der Waals surface area contributed by atoms with E-state index >= 15 is 0 Å². The summed E-state index contributed by atoms with van der Waals surface area (Å²) in [5.74, 6) is 1.63. The standard InChI is InChI=1S/C25H32ClN3OS/c1-28-14-20(12-23(28)13-27)19-5-9-22(10-6-19)29-15-25(17-31-2)30-16-24(29)11-18-3-7-21(26)8-4-18/h3-4,7-8,12,14,19,22,24-25H,5-6,9-11,15-17H2,1-2H3. The molecule has 2 heterocycles. The summed E-state index contributed by atoms with van der Waals surface area (Å²) >= 11 is 7.96. The molecule has 1 saturated carbocycles. The Morgan fingerprint density at radius 3 is 2.58 bits per heavy atom. The van der Waals surface area contributed by atoms with E-state index in [0.29, 0.717) is 24.1 Å². The number of hydrogen-bond donors (Lipinski definition) is 0. The maximum Gasteiger partial charge on any atom is 0.120 e. The van der Waals surface area contributed by atoms with Crippen LogP contribution in [0.4, 0.5) is 0 Å². The second kappa shape index (κ2) is 10.4. The third kappa shape index (κ3) is 5.49. The van der Waals surface area contributed by atoms with Gasteiger partial charge in [-0.3, -0.25) is 4.90 Å². The minimum atomic E-state index is 0.321. The molecule has 2 fully saturated rings. The molecule has 0 spiro atoms. The zero-order valence-corrected chi connectivity index (χ0v) is 20.0. The fourth-order valence-electron chi connectivity index (χ4n) is 5.25. The van der Waals surface area contributed by atoms with Crippen molar-refractivity contribution < 1.29 is 4.74 Å². The maximum atomic E-state index is 9.28. The number of benzene rings is 1. The van der Waals surface area contributed by atoms with Crippen LogP contribution in [-0.4, -0.2) is 52.8 Å². The Bertz CT molecular complexity index is 898. The normalized spacial score (nSPS) is 27.2. The first-order valence-electron chi connectivity index (χ1n) is 11.2. The van der Waals surface area contributed by atoms with Gasteiger partial charge in [0, 0.05) is 42.6 Å². The fraction of sp³-hybridized carbons (Fsp3) is 0.560. The SMILES string of the molecule is CSCC1CN(C2CCC(c3cc(C#N)n(C)c3)CC2)C(Cc2ccc(Cl)cc2)CO1. The van der Waals surface area contributed by atoms with E-state index in [2.05, 4.69) is 41.6 Å². The highest BCUT2D eigenvalue weighted by Gasteiger charge is 2.36. The molecule has 2 unspecified atom stereocenters. The topological polar surface area (TPSA) is 41.2 Å². The molecule has 2 aliphatic rings. The molecule has 4 rings (SSSR count). The largest absolute Gasteiger partial charge is 0.374 e. The van der Waals surface area contributed by atoms with Gasteiger partial charge in [-0.1, -0.05) is 23.7 Å². The Morgan fingerprint density at radius 2 is 1.94 bits per heavy atom. The molecule has 2 aromatic rings. The van der Waals surface area contributed by atoms with Crippen molar-refractivity contribution in [2.45, 2.75) is 56.2 Å². The summed E-state index contributed by atoms with van der Waals surface area (Å²) < 4.78 is 8.20. The molecule has 0 radical (unpaired) electrons. The monoisotopic (exact) mass is 457 g/mol. The summed E-state index contributed by atoms with van der Waals surface area (Å²) in [5.41, 5.74) is 3.42. The van der Waals surface area contributed by atoms with Crippen LogP contribution in [0.1, 0.15) is 48.4 Å². The first-order chi connectivity index (χ1) is 15.1. The molecule has 1 saturated heterocycles. The quantitative estimate of drug-likeness (QED) is 0.593. The zero-order valence-electron chi connectivity index (χ0n) is 18.5. The van der Waals surface area contributed by atoms with Crippen molar-refractivity contribution in [1.29, 1.82) is 5.26 Å². The number of nitriles is 1. The van der Waals surface area contributed by atoms with Crippen LogP contribution in [0.25, 0.3) is 0 Å². The van der Waals surface area contributed by atoms with Gasteiger partial charge in [0.25, 0.3) is 0 Å². The molecule has 0 N–H and O–H groups in total. The van der Waals surface area contributed by atoms with Crippen molar-refractivity contribution in [3.63, 3.8) is 0 Å². The molecule has 1 aliphatic heterocycles. The highest BCUT2D eigenvalue weighted by Crippen LogP contribution is 2.37. The third-order valence-corrected chi connectivity index (χ3v) is 7.88. The van der Waals surface area contributed by atoms with Gasteiger partial charge in [-0.25, -0.2) is 0 Å². The van der Waals surface area contributed by atoms with Gasteiger partial charge < -0.3 is 9.30 Å². The van der Waals surface area contributed by atoms with E-state index in [1.54, 1.807) is 0 Å². The van der Waals surface area contributed by atoms with Crippen molar-refractivity contribution in [3.05, 3.63) is 58.4 Å². The van der Waals surface area contributed by atoms with E-state index in [1.807, 2.05) is 35.5 Å². The highest BCUT2D eigenvalue weighted by molar-refractivity contribution is 7.98. The molecular formula is C25H32ClN3OS. The summed E-state index contributed by atoms with van der Waals surface area (Å²) in [6.45, 7) is 1.83. The lowest BCUT2D eigenvalue weighted by Gasteiger charge is -2.46. The van der Waals surface area contributed by atoms with Gasteiger partial charge in [0.2, 0.25) is 0 Å². The Morgan fingerprint density at radius 1 is 1.19 bits per heavy atom. The molecular weight excluding hydrogens is 426 g/mol. The number of thioether (sulfide) groups is 1. The summed E-state index contributed by atoms with van der Waals surface area (Å²) in [6, 6.07) is 13.7. The van der Waals surface area contributed by atoms with Crippen molar-refractivity contribution in [2.75, 3.05) is 25.2 Å². The summed E-state index contributed by atoms with van der Waals surface area (Å²) in [5, 5.41) is 10.1. The number of aryl methyl sites for hydroxylation is 1. The van der Waals surface area contributed by atoms with Gasteiger partial charge in [-0.15, -0.1) is 0 Å². The van der Waals surface area contributed by atoms with Gasteiger partial charge in [0.05, 0.1) is 12.7 Å². The minimum Gasteiger partial charge on any atom is -0.374 e. The molecule has 1 aromatic heterocycles. The first kappa shape index (κ1) is 22.7. The van der Waals surface area contributed by atoms with E-state index < -0.39 is 0 Å². The Labute approximate surface area is 195 Å². The molecule has 6 heteroatoms. The van der Waals surface area contributed by atoms with E-state index in [1.165, 1.54) is 36.8 Å². The second-order valence-electron chi connectivity index (χ2n) is 8.98. The van der Waals surface area contributed by atoms with Crippen molar-refractivity contribution in [2.24, 2.45) is 7.05 Å². The van der Waals surface area contributed by atoms with Crippen LogP contribution in [0.3, 0.4) is 0 Å². The number of rotatable bonds is 6. The molecule has 166 valence electrons. The van der Waals surface area contributed by atoms with Crippen LogP contribution in [-0.2, 0) is 18.2 Å². The minimum absolute atomic E-state index is 0.321. The zero-order chi connectivity index (χ0) is 21.8. The van der Waals surface area contributed by atoms with Crippen LogP contribution in [0, 0.1) is 11.3 Å². The van der Waals surface area contributed by atoms with Crippen LogP contribution >= 0.6 is 23.4 Å². The molecule has 31 heavy (non-hydrogen) atoms. The molecule has 0 amide bonds. The molecule has 4 nitrogen and oxygen atoms in total. The van der Waals surface area contributed by atoms with Crippen LogP contribution < -0.4 is 0 Å². The van der Waals surface area contributed by atoms with E-state index in [-0.39, 0.29) is 0 Å². The van der Waals surface area contributed by atoms with Gasteiger partial charge in [0.15, 0.2) is 0 Å². The third-order valence-electron chi connectivity index (χ3n) is 6.92. The lowest BCUT2D eigenvalue weighted by atomic mass is 9.81. The second-order valence-corrected chi connectivity index (χ2v) is 10.3. The Balaban J connectivity index is 1.43. The van der Waals surface area contributed by atoms with Gasteiger partial charge in [-0.05, 0) is 73.6 Å². The Hall–Kier alpha value is -1.45. The highest BCUT2D eigenvalue weighted by atomic mass is 35.5. The van der Waals surface area contributed by atoms with Gasteiger partial charge in [-0.2, -0.15) is 17.0 Å². The number of aromatic nitrogens is 1. The summed E-state index contributed by atoms with van der Waals surface area (Å²) in [6.07, 6.45) is 10.4. The molecule has 2 atom stereocenters. The van der Waals surface area contributed by atoms with Crippen LogP contribution in [0.15, 0.2) is 36.5 Å². The lowest BCUT2D eigenvalue weighted by Crippen LogP contribution is -2.56. The average Bonchev–Trinajstić information content (AvgIpc) is 3.17. The fourth-order valence-corrected chi connectivity index (χ4v) is 5.95. The smallest absolute Gasteiger partial charge is 0.120 e. The number of hydrogen-bond acceptors (Lipinski definition) is 4. The first-order valence-corrected chi connectivity index (χ1v) is 13.0. The van der Waals surface area contributed by atoms with Crippen molar-refractivity contribution in [1.82, 2.24) is 9.47 Å². The lowest BCUT2D eigenvalue weighted by molar-refractivity contribution is -0.0750. The maximum absolute atomic E-state index is 9.28. The van der Waals surface area contributed by atoms with E-state index in [0.717, 1.165) is 36.0 Å². The number of ether oxygens (including phenoxy) is 1. The predicted molar refractivity (Wildman–Crippen MR) is 129 cm³/mol. The van der Waals surface area contributed by atoms with Crippen LogP contribution in [0.5, 0.6) is 0 Å². The van der Waals surface area contributed by atoms with E-state index in [4.69, 9.17) is 16.3 Å². The van der Waals surface area contributed by atoms with Crippen molar-refractivity contribution >= 4 is 23.4 Å². The predicted octanol–water partition coefficient (Wildman–Crippen LogP) is 5.25. The number of halogens is 1. The van der Waals surface area contributed by atoms with Gasteiger partial charge in [0.1, 0.15) is 11.8 Å². The molecule has 1 aromatic carbocycles. The number of morpholine rings is 1. The summed E-state index contributed by atoms with van der Waals surface area (Å²) in [7, 11) is 1.97. The van der Waals surface area contributed by atoms with Crippen LogP contribution in [0.2, 0.25) is 5.02 Å². The summed E-state index contributed by atoms with van der Waals surface area (Å²) in [4.78, 5) is 2.75. The van der Waals surface area contributed by atoms with Crippen molar-refractivity contribution in [3.8, 4) is 6.07 Å². The molecule has 1 aliphatic carbocycles.